The maximum absolute atomic E-state index is 13.6. The second-order valence-electron chi connectivity index (χ2n) is 7.62. The van der Waals surface area contributed by atoms with Crippen molar-refractivity contribution < 1.29 is 18.9 Å². The van der Waals surface area contributed by atoms with Crippen molar-refractivity contribution in [2.24, 2.45) is 0 Å². The molecule has 7 nitrogen and oxygen atoms in total. The molecule has 0 spiro atoms. The molecule has 4 aromatic rings. The quantitative estimate of drug-likeness (QED) is 0.450. The fourth-order valence-corrected chi connectivity index (χ4v) is 3.77. The second-order valence-corrected chi connectivity index (χ2v) is 7.62. The lowest BCUT2D eigenvalue weighted by atomic mass is 10.1. The molecular formula is C26H22N2O5. The number of hydrogen-bond acceptors (Lipinski definition) is 6. The Morgan fingerprint density at radius 1 is 0.909 bits per heavy atom. The highest BCUT2D eigenvalue weighted by atomic mass is 16.7. The Kier molecular flexibility index (Phi) is 5.22. The van der Waals surface area contributed by atoms with Crippen molar-refractivity contribution >= 4 is 23.1 Å². The lowest BCUT2D eigenvalue weighted by molar-refractivity contribution is 0.174. The van der Waals surface area contributed by atoms with E-state index in [0.29, 0.717) is 39.7 Å². The van der Waals surface area contributed by atoms with E-state index in [1.807, 2.05) is 61.5 Å². The lowest BCUT2D eigenvalue weighted by Crippen LogP contribution is -2.22. The van der Waals surface area contributed by atoms with Crippen LogP contribution >= 0.6 is 0 Å². The van der Waals surface area contributed by atoms with Gasteiger partial charge in [0.1, 0.15) is 5.82 Å². The van der Waals surface area contributed by atoms with Crippen molar-refractivity contribution in [1.82, 2.24) is 9.55 Å². The van der Waals surface area contributed by atoms with E-state index < -0.39 is 0 Å². The molecule has 166 valence electrons. The number of rotatable bonds is 5. The summed E-state index contributed by atoms with van der Waals surface area (Å²) in [6, 6.07) is 16.8. The molecule has 0 fully saturated rings. The Morgan fingerprint density at radius 2 is 1.64 bits per heavy atom. The first-order valence-corrected chi connectivity index (χ1v) is 10.4. The van der Waals surface area contributed by atoms with Crippen LogP contribution in [0.15, 0.2) is 59.4 Å². The summed E-state index contributed by atoms with van der Waals surface area (Å²) >= 11 is 0. The van der Waals surface area contributed by atoms with Gasteiger partial charge in [-0.05, 0) is 48.9 Å². The predicted molar refractivity (Wildman–Crippen MR) is 127 cm³/mol. The molecule has 0 amide bonds. The molecule has 0 atom stereocenters. The molecule has 0 aliphatic carbocycles. The molecule has 0 unspecified atom stereocenters. The van der Waals surface area contributed by atoms with Gasteiger partial charge >= 0.3 is 0 Å². The van der Waals surface area contributed by atoms with Crippen molar-refractivity contribution in [3.8, 4) is 28.7 Å². The van der Waals surface area contributed by atoms with Crippen LogP contribution < -0.4 is 24.5 Å². The minimum Gasteiger partial charge on any atom is -0.493 e. The summed E-state index contributed by atoms with van der Waals surface area (Å²) in [5.41, 5.74) is 3.04. The smallest absolute Gasteiger partial charge is 0.266 e. The highest BCUT2D eigenvalue weighted by Gasteiger charge is 2.16. The SMILES string of the molecule is COc1cc2nc(/C=C/c3ccc4c(c3)OCO4)n(-c3ccc(C)cc3)c(=O)c2cc1OC. The van der Waals surface area contributed by atoms with E-state index >= 15 is 0 Å². The van der Waals surface area contributed by atoms with Gasteiger partial charge in [0.2, 0.25) is 6.79 Å². The van der Waals surface area contributed by atoms with E-state index in [1.54, 1.807) is 23.8 Å². The Bertz CT molecular complexity index is 1440. The standard InChI is InChI=1S/C26H22N2O5/c1-16-4-8-18(9-5-16)28-25(11-7-17-6-10-21-24(12-17)33-15-32-21)27-20-14-23(31-3)22(30-2)13-19(20)26(28)29/h4-14H,15H2,1-3H3/b11-7+. The number of hydrogen-bond donors (Lipinski definition) is 0. The van der Waals surface area contributed by atoms with Crippen LogP contribution in [0.3, 0.4) is 0 Å². The third-order valence-electron chi connectivity index (χ3n) is 5.51. The van der Waals surface area contributed by atoms with Crippen LogP contribution in [-0.4, -0.2) is 30.6 Å². The zero-order chi connectivity index (χ0) is 22.9. The summed E-state index contributed by atoms with van der Waals surface area (Å²) in [5, 5.41) is 0.438. The number of ether oxygens (including phenoxy) is 4. The minimum atomic E-state index is -0.199. The number of methoxy groups -OCH3 is 2. The van der Waals surface area contributed by atoms with E-state index in [2.05, 4.69) is 0 Å². The first-order valence-electron chi connectivity index (χ1n) is 10.4. The molecule has 0 saturated carbocycles. The van der Waals surface area contributed by atoms with E-state index in [4.69, 9.17) is 23.9 Å². The first kappa shape index (κ1) is 20.6. The lowest BCUT2D eigenvalue weighted by Gasteiger charge is -2.14. The fourth-order valence-electron chi connectivity index (χ4n) is 3.77. The molecule has 2 heterocycles. The van der Waals surface area contributed by atoms with E-state index in [1.165, 1.54) is 7.11 Å². The second kappa shape index (κ2) is 8.35. The average Bonchev–Trinajstić information content (AvgIpc) is 3.31. The summed E-state index contributed by atoms with van der Waals surface area (Å²) in [4.78, 5) is 18.4. The van der Waals surface area contributed by atoms with Gasteiger partial charge in [-0.1, -0.05) is 29.8 Å². The molecule has 0 saturated heterocycles. The third kappa shape index (κ3) is 3.78. The van der Waals surface area contributed by atoms with Crippen LogP contribution in [0.1, 0.15) is 17.0 Å². The highest BCUT2D eigenvalue weighted by Crippen LogP contribution is 2.33. The van der Waals surface area contributed by atoms with Crippen LogP contribution in [0.4, 0.5) is 0 Å². The molecule has 0 bridgehead atoms. The third-order valence-corrected chi connectivity index (χ3v) is 5.51. The van der Waals surface area contributed by atoms with Gasteiger partial charge in [-0.25, -0.2) is 4.98 Å². The van der Waals surface area contributed by atoms with Crippen LogP contribution in [0.2, 0.25) is 0 Å². The summed E-state index contributed by atoms with van der Waals surface area (Å²) in [6.45, 7) is 2.22. The monoisotopic (exact) mass is 442 g/mol. The minimum absolute atomic E-state index is 0.199. The van der Waals surface area contributed by atoms with Crippen LogP contribution in [0, 0.1) is 6.92 Å². The van der Waals surface area contributed by atoms with Crippen molar-refractivity contribution in [1.29, 1.82) is 0 Å². The molecule has 5 rings (SSSR count). The van der Waals surface area contributed by atoms with Crippen molar-refractivity contribution in [3.05, 3.63) is 81.9 Å². The van der Waals surface area contributed by atoms with Gasteiger partial charge < -0.3 is 18.9 Å². The van der Waals surface area contributed by atoms with Gasteiger partial charge in [-0.3, -0.25) is 9.36 Å². The largest absolute Gasteiger partial charge is 0.493 e. The van der Waals surface area contributed by atoms with Gasteiger partial charge in [0, 0.05) is 6.07 Å². The number of aryl methyl sites for hydroxylation is 1. The Morgan fingerprint density at radius 3 is 2.39 bits per heavy atom. The topological polar surface area (TPSA) is 71.8 Å². The van der Waals surface area contributed by atoms with Gasteiger partial charge in [0.15, 0.2) is 23.0 Å². The molecular weight excluding hydrogens is 420 g/mol. The van der Waals surface area contributed by atoms with Crippen LogP contribution in [0.5, 0.6) is 23.0 Å². The number of nitrogens with zero attached hydrogens (tertiary/aromatic N) is 2. The molecule has 33 heavy (non-hydrogen) atoms. The summed E-state index contributed by atoms with van der Waals surface area (Å²) in [7, 11) is 3.09. The van der Waals surface area contributed by atoms with Gasteiger partial charge in [-0.15, -0.1) is 0 Å². The number of aromatic nitrogens is 2. The number of benzene rings is 3. The van der Waals surface area contributed by atoms with Gasteiger partial charge in [-0.2, -0.15) is 0 Å². The molecule has 1 aliphatic rings. The Hall–Kier alpha value is -4.26. The van der Waals surface area contributed by atoms with E-state index in [9.17, 15) is 4.79 Å². The Labute approximate surface area is 190 Å². The molecule has 7 heteroatoms. The summed E-state index contributed by atoms with van der Waals surface area (Å²) in [6.07, 6.45) is 3.70. The van der Waals surface area contributed by atoms with E-state index in [-0.39, 0.29) is 12.4 Å². The maximum atomic E-state index is 13.6. The normalized spacial score (nSPS) is 12.5. The van der Waals surface area contributed by atoms with Crippen molar-refractivity contribution in [2.45, 2.75) is 6.92 Å². The number of fused-ring (bicyclic) bond motifs is 2. The van der Waals surface area contributed by atoms with Gasteiger partial charge in [0.05, 0.1) is 30.8 Å². The summed E-state index contributed by atoms with van der Waals surface area (Å²) < 4.78 is 23.2. The van der Waals surface area contributed by atoms with Crippen molar-refractivity contribution in [2.75, 3.05) is 21.0 Å². The summed E-state index contributed by atoms with van der Waals surface area (Å²) in [5.74, 6) is 2.88. The Balaban J connectivity index is 1.70. The first-order chi connectivity index (χ1) is 16.1. The molecule has 1 aromatic heterocycles. The molecule has 1 aliphatic heterocycles. The molecule has 0 N–H and O–H groups in total. The average molecular weight is 442 g/mol. The zero-order valence-electron chi connectivity index (χ0n) is 18.5. The van der Waals surface area contributed by atoms with Gasteiger partial charge in [0.25, 0.3) is 5.56 Å². The zero-order valence-corrected chi connectivity index (χ0v) is 18.5. The van der Waals surface area contributed by atoms with E-state index in [0.717, 1.165) is 16.8 Å². The predicted octanol–water partition coefficient (Wildman–Crippen LogP) is 4.61. The highest BCUT2D eigenvalue weighted by molar-refractivity contribution is 5.84. The maximum Gasteiger partial charge on any atom is 0.266 e. The van der Waals surface area contributed by atoms with Crippen LogP contribution in [0.25, 0.3) is 28.7 Å². The molecule has 3 aromatic carbocycles. The fraction of sp³-hybridized carbons (Fsp3) is 0.154. The van der Waals surface area contributed by atoms with Crippen molar-refractivity contribution in [3.63, 3.8) is 0 Å². The van der Waals surface area contributed by atoms with Crippen LogP contribution in [-0.2, 0) is 0 Å². The molecule has 0 radical (unpaired) electrons.